The lowest BCUT2D eigenvalue weighted by Gasteiger charge is -1.95. The van der Waals surface area contributed by atoms with E-state index in [9.17, 15) is 0 Å². The first-order valence-electron chi connectivity index (χ1n) is 4.15. The van der Waals surface area contributed by atoms with E-state index in [0.29, 0.717) is 5.15 Å². The van der Waals surface area contributed by atoms with Gasteiger partial charge in [-0.1, -0.05) is 49.1 Å². The van der Waals surface area contributed by atoms with Gasteiger partial charge < -0.3 is 0 Å². The van der Waals surface area contributed by atoms with Crippen molar-refractivity contribution in [2.24, 2.45) is 0 Å². The molecule has 1 aromatic rings. The number of allylic oxidation sites excluding steroid dienone is 2. The monoisotopic (exact) mass is 206 g/mol. The predicted molar refractivity (Wildman–Crippen MR) is 60.4 cm³/mol. The van der Waals surface area contributed by atoms with Crippen LogP contribution in [0.2, 0.25) is 5.15 Å². The molecule has 0 spiro atoms. The van der Waals surface area contributed by atoms with Gasteiger partial charge in [-0.2, -0.15) is 5.10 Å². The van der Waals surface area contributed by atoms with Gasteiger partial charge in [-0.15, -0.1) is 5.10 Å². The molecule has 0 aliphatic rings. The number of nitrogens with zero attached hydrogens (tertiary/aromatic N) is 2. The van der Waals surface area contributed by atoms with Crippen molar-refractivity contribution in [3.8, 4) is 0 Å². The molecule has 0 atom stereocenters. The molecule has 0 aliphatic heterocycles. The van der Waals surface area contributed by atoms with Gasteiger partial charge in [0.25, 0.3) is 0 Å². The fraction of sp³-hybridized carbons (Fsp3) is 0.0909. The van der Waals surface area contributed by atoms with Crippen molar-refractivity contribution in [2.45, 2.75) is 6.92 Å². The summed E-state index contributed by atoms with van der Waals surface area (Å²) >= 11 is 5.91. The summed E-state index contributed by atoms with van der Waals surface area (Å²) < 4.78 is 0. The molecule has 0 unspecified atom stereocenters. The van der Waals surface area contributed by atoms with E-state index in [1.807, 2.05) is 13.0 Å². The van der Waals surface area contributed by atoms with E-state index in [1.54, 1.807) is 18.2 Å². The van der Waals surface area contributed by atoms with Crippen LogP contribution in [0.1, 0.15) is 5.69 Å². The summed E-state index contributed by atoms with van der Waals surface area (Å²) in [5.74, 6) is 0. The molecule has 0 saturated carbocycles. The first-order chi connectivity index (χ1) is 6.70. The van der Waals surface area contributed by atoms with Crippen molar-refractivity contribution in [3.63, 3.8) is 0 Å². The quantitative estimate of drug-likeness (QED) is 0.731. The maximum atomic E-state index is 5.91. The molecule has 0 amide bonds. The Kier molecular flexibility index (Phi) is 3.60. The Bertz CT molecular complexity index is 430. The van der Waals surface area contributed by atoms with E-state index in [2.05, 4.69) is 23.4 Å². The molecule has 2 nitrogen and oxygen atoms in total. The van der Waals surface area contributed by atoms with Crippen LogP contribution in [0.4, 0.5) is 0 Å². The van der Waals surface area contributed by atoms with Crippen LogP contribution in [0.3, 0.4) is 0 Å². The van der Waals surface area contributed by atoms with Gasteiger partial charge in [0.05, 0.1) is 5.69 Å². The summed E-state index contributed by atoms with van der Waals surface area (Å²) in [5, 5.41) is 9.88. The molecule has 0 bridgehead atoms. The van der Waals surface area contributed by atoms with Crippen molar-refractivity contribution in [2.75, 3.05) is 0 Å². The molecular weight excluding hydrogens is 196 g/mol. The molecule has 14 heavy (non-hydrogen) atoms. The molecule has 3 heteroatoms. The second-order valence-electron chi connectivity index (χ2n) is 2.71. The molecule has 0 aliphatic carbocycles. The number of halogens is 1. The van der Waals surface area contributed by atoms with Crippen LogP contribution in [0, 0.1) is 6.92 Å². The van der Waals surface area contributed by atoms with Gasteiger partial charge in [-0.05, 0) is 6.92 Å². The summed E-state index contributed by atoms with van der Waals surface area (Å²) in [5.41, 5.74) is 0.822. The standard InChI is InChI=1S/C11H11ClN2/c1-4-6-9-8(3)13-14-11(12)10(9)7-5-2/h4-7H,1-2H2,3H3/b9-6-,10-7+. The smallest absolute Gasteiger partial charge is 0.154 e. The Morgan fingerprint density at radius 1 is 1.07 bits per heavy atom. The first kappa shape index (κ1) is 10.7. The minimum absolute atomic E-state index is 0.378. The molecule has 0 fully saturated rings. The minimum atomic E-state index is 0.378. The lowest BCUT2D eigenvalue weighted by Crippen LogP contribution is -2.30. The van der Waals surface area contributed by atoms with Crippen molar-refractivity contribution < 1.29 is 0 Å². The van der Waals surface area contributed by atoms with Crippen LogP contribution < -0.4 is 10.4 Å². The summed E-state index contributed by atoms with van der Waals surface area (Å²) in [6, 6.07) is 0. The van der Waals surface area contributed by atoms with E-state index >= 15 is 0 Å². The number of aryl methyl sites for hydroxylation is 1. The maximum Gasteiger partial charge on any atom is 0.159 e. The largest absolute Gasteiger partial charge is 0.159 e. The highest BCUT2D eigenvalue weighted by Gasteiger charge is 1.98. The third-order valence-electron chi connectivity index (χ3n) is 1.76. The average Bonchev–Trinajstić information content (AvgIpc) is 2.17. The third kappa shape index (κ3) is 2.09. The van der Waals surface area contributed by atoms with E-state index in [-0.39, 0.29) is 0 Å². The zero-order chi connectivity index (χ0) is 10.6. The molecular formula is C11H11ClN2. The molecule has 0 aromatic carbocycles. The zero-order valence-corrected chi connectivity index (χ0v) is 8.75. The lowest BCUT2D eigenvalue weighted by atomic mass is 10.2. The van der Waals surface area contributed by atoms with Gasteiger partial charge >= 0.3 is 0 Å². The highest BCUT2D eigenvalue weighted by atomic mass is 35.5. The Morgan fingerprint density at radius 2 is 1.64 bits per heavy atom. The summed E-state index contributed by atoms with van der Waals surface area (Å²) in [4.78, 5) is 0. The molecule has 0 N–H and O–H groups in total. The molecule has 72 valence electrons. The van der Waals surface area contributed by atoms with Crippen LogP contribution >= 0.6 is 11.6 Å². The van der Waals surface area contributed by atoms with Gasteiger partial charge in [-0.3, -0.25) is 0 Å². The van der Waals surface area contributed by atoms with Gasteiger partial charge in [-0.25, -0.2) is 0 Å². The maximum absolute atomic E-state index is 5.91. The Labute approximate surface area is 87.9 Å². The number of rotatable bonds is 2. The molecule has 0 radical (unpaired) electrons. The minimum Gasteiger partial charge on any atom is -0.154 e. The Balaban J connectivity index is 3.76. The van der Waals surface area contributed by atoms with Crippen LogP contribution in [0.15, 0.2) is 25.3 Å². The second-order valence-corrected chi connectivity index (χ2v) is 3.07. The van der Waals surface area contributed by atoms with E-state index < -0.39 is 0 Å². The average molecular weight is 207 g/mol. The molecule has 0 saturated heterocycles. The van der Waals surface area contributed by atoms with Gasteiger partial charge in [0.15, 0.2) is 5.15 Å². The van der Waals surface area contributed by atoms with Crippen molar-refractivity contribution in [1.82, 2.24) is 10.2 Å². The van der Waals surface area contributed by atoms with E-state index in [4.69, 9.17) is 11.6 Å². The van der Waals surface area contributed by atoms with Crippen molar-refractivity contribution >= 4 is 23.8 Å². The van der Waals surface area contributed by atoms with Crippen LogP contribution in [-0.2, 0) is 0 Å². The summed E-state index contributed by atoms with van der Waals surface area (Å²) in [6.07, 6.45) is 7.02. The van der Waals surface area contributed by atoms with Crippen LogP contribution in [0.25, 0.3) is 12.2 Å². The predicted octanol–water partition coefficient (Wildman–Crippen LogP) is 1.37. The summed E-state index contributed by atoms with van der Waals surface area (Å²) in [6.45, 7) is 9.14. The third-order valence-corrected chi connectivity index (χ3v) is 2.04. The Hall–Kier alpha value is -1.41. The number of hydrogen-bond donors (Lipinski definition) is 0. The highest BCUT2D eigenvalue weighted by Crippen LogP contribution is 1.91. The molecule has 1 rings (SSSR count). The van der Waals surface area contributed by atoms with Crippen LogP contribution in [0.5, 0.6) is 0 Å². The number of hydrogen-bond acceptors (Lipinski definition) is 2. The van der Waals surface area contributed by atoms with Gasteiger partial charge in [0, 0.05) is 10.4 Å². The number of aromatic nitrogens is 2. The van der Waals surface area contributed by atoms with Gasteiger partial charge in [0.2, 0.25) is 0 Å². The second kappa shape index (κ2) is 4.72. The van der Waals surface area contributed by atoms with Gasteiger partial charge in [0.1, 0.15) is 0 Å². The van der Waals surface area contributed by atoms with E-state index in [1.165, 1.54) is 0 Å². The normalized spacial score (nSPS) is 13.0. The van der Waals surface area contributed by atoms with Crippen molar-refractivity contribution in [1.29, 1.82) is 0 Å². The Morgan fingerprint density at radius 3 is 2.21 bits per heavy atom. The lowest BCUT2D eigenvalue weighted by molar-refractivity contribution is 0.956. The molecule has 1 aromatic heterocycles. The van der Waals surface area contributed by atoms with Crippen LogP contribution in [-0.4, -0.2) is 10.2 Å². The first-order valence-corrected chi connectivity index (χ1v) is 4.52. The van der Waals surface area contributed by atoms with Crippen molar-refractivity contribution in [3.05, 3.63) is 46.6 Å². The zero-order valence-electron chi connectivity index (χ0n) is 8.00. The fourth-order valence-corrected chi connectivity index (χ4v) is 1.34. The fourth-order valence-electron chi connectivity index (χ4n) is 1.14. The molecule has 1 heterocycles. The topological polar surface area (TPSA) is 25.8 Å². The SMILES string of the molecule is C=C/C=c1/c(C)nnc(Cl)/c1=C/C=C. The van der Waals surface area contributed by atoms with E-state index in [0.717, 1.165) is 16.1 Å². The highest BCUT2D eigenvalue weighted by molar-refractivity contribution is 6.29. The summed E-state index contributed by atoms with van der Waals surface area (Å²) in [7, 11) is 0.